The largest absolute Gasteiger partial charge is 0.497 e. The van der Waals surface area contributed by atoms with Gasteiger partial charge in [0, 0.05) is 18.7 Å². The first-order valence-corrected chi connectivity index (χ1v) is 11.0. The van der Waals surface area contributed by atoms with Gasteiger partial charge in [-0.3, -0.25) is 10.1 Å². The van der Waals surface area contributed by atoms with Crippen molar-refractivity contribution in [1.29, 1.82) is 0 Å². The Balaban J connectivity index is 1.85. The van der Waals surface area contributed by atoms with Gasteiger partial charge >= 0.3 is 0 Å². The van der Waals surface area contributed by atoms with Crippen molar-refractivity contribution in [2.45, 2.75) is 18.7 Å². The number of carbonyl (C=O) groups excluding carboxylic acids is 1. The molecule has 0 aliphatic carbocycles. The lowest BCUT2D eigenvalue weighted by Crippen LogP contribution is -2.30. The monoisotopic (exact) mass is 419 g/mol. The van der Waals surface area contributed by atoms with Gasteiger partial charge in [0.15, 0.2) is 5.13 Å². The van der Waals surface area contributed by atoms with Crippen molar-refractivity contribution < 1.29 is 17.9 Å². The van der Waals surface area contributed by atoms with E-state index in [1.165, 1.54) is 27.8 Å². The van der Waals surface area contributed by atoms with Crippen LogP contribution in [0, 0.1) is 0 Å². The van der Waals surface area contributed by atoms with E-state index in [4.69, 9.17) is 4.74 Å². The molecular formula is C19H21N3O4S2. The third-order valence-corrected chi connectivity index (χ3v) is 7.23. The summed E-state index contributed by atoms with van der Waals surface area (Å²) in [6.07, 6.45) is 0. The molecule has 0 aliphatic heterocycles. The van der Waals surface area contributed by atoms with Gasteiger partial charge in [0.25, 0.3) is 5.91 Å². The van der Waals surface area contributed by atoms with Crippen LogP contribution >= 0.6 is 11.3 Å². The van der Waals surface area contributed by atoms with Crippen molar-refractivity contribution in [3.63, 3.8) is 0 Å². The molecule has 3 rings (SSSR count). The van der Waals surface area contributed by atoms with Gasteiger partial charge in [-0.25, -0.2) is 13.4 Å². The number of anilines is 1. The zero-order valence-electron chi connectivity index (χ0n) is 15.8. The van der Waals surface area contributed by atoms with Crippen molar-refractivity contribution in [2.75, 3.05) is 25.5 Å². The molecule has 0 fully saturated rings. The summed E-state index contributed by atoms with van der Waals surface area (Å²) in [5.74, 6) is 0.297. The zero-order chi connectivity index (χ0) is 20.3. The molecule has 1 amide bonds. The van der Waals surface area contributed by atoms with E-state index >= 15 is 0 Å². The fraction of sp³-hybridized carbons (Fsp3) is 0.263. The van der Waals surface area contributed by atoms with Crippen LogP contribution in [0.1, 0.15) is 24.2 Å². The first-order valence-electron chi connectivity index (χ1n) is 8.75. The van der Waals surface area contributed by atoms with E-state index in [0.29, 0.717) is 24.0 Å². The van der Waals surface area contributed by atoms with Gasteiger partial charge in [-0.2, -0.15) is 4.31 Å². The summed E-state index contributed by atoms with van der Waals surface area (Å²) in [5, 5.41) is 3.18. The quantitative estimate of drug-likeness (QED) is 0.632. The highest BCUT2D eigenvalue weighted by Crippen LogP contribution is 2.29. The predicted octanol–water partition coefficient (Wildman–Crippen LogP) is 3.59. The standard InChI is InChI=1S/C19H21N3O4S2/c1-4-22(5-2)28(24,25)15-8-6-7-13(11-15)18(23)21-19-20-16-10-9-14(26-3)12-17(16)27-19/h6-12H,4-5H2,1-3H3,(H,20,21,23). The lowest BCUT2D eigenvalue weighted by molar-refractivity contribution is 0.102. The summed E-state index contributed by atoms with van der Waals surface area (Å²) >= 11 is 1.32. The molecule has 2 aromatic carbocycles. The molecule has 7 nitrogen and oxygen atoms in total. The third-order valence-electron chi connectivity index (χ3n) is 4.26. The lowest BCUT2D eigenvalue weighted by atomic mass is 10.2. The Hall–Kier alpha value is -2.49. The van der Waals surface area contributed by atoms with Crippen LogP contribution in [0.25, 0.3) is 10.2 Å². The van der Waals surface area contributed by atoms with Gasteiger partial charge in [0.1, 0.15) is 5.75 Å². The van der Waals surface area contributed by atoms with Gasteiger partial charge < -0.3 is 4.74 Å². The highest BCUT2D eigenvalue weighted by atomic mass is 32.2. The van der Waals surface area contributed by atoms with Crippen LogP contribution in [-0.2, 0) is 10.0 Å². The van der Waals surface area contributed by atoms with E-state index in [0.717, 1.165) is 10.2 Å². The molecule has 148 valence electrons. The second-order valence-electron chi connectivity index (χ2n) is 5.92. The zero-order valence-corrected chi connectivity index (χ0v) is 17.4. The van der Waals surface area contributed by atoms with Crippen LogP contribution in [-0.4, -0.2) is 43.8 Å². The highest BCUT2D eigenvalue weighted by Gasteiger charge is 2.22. The number of nitrogens with one attached hydrogen (secondary N) is 1. The van der Waals surface area contributed by atoms with Gasteiger partial charge in [-0.15, -0.1) is 0 Å². The summed E-state index contributed by atoms with van der Waals surface area (Å²) in [4.78, 5) is 17.1. The third kappa shape index (κ3) is 4.01. The predicted molar refractivity (Wildman–Crippen MR) is 111 cm³/mol. The number of ether oxygens (including phenoxy) is 1. The number of aromatic nitrogens is 1. The summed E-state index contributed by atoms with van der Waals surface area (Å²) in [7, 11) is -2.04. The number of fused-ring (bicyclic) bond motifs is 1. The molecule has 0 bridgehead atoms. The fourth-order valence-corrected chi connectivity index (χ4v) is 5.16. The Morgan fingerprint density at radius 3 is 2.61 bits per heavy atom. The van der Waals surface area contributed by atoms with E-state index in [1.807, 2.05) is 12.1 Å². The Morgan fingerprint density at radius 1 is 1.18 bits per heavy atom. The van der Waals surface area contributed by atoms with Crippen molar-refractivity contribution >= 4 is 42.6 Å². The molecule has 9 heteroatoms. The summed E-state index contributed by atoms with van der Waals surface area (Å²) in [6.45, 7) is 4.29. The molecule has 1 heterocycles. The average Bonchev–Trinajstić information content (AvgIpc) is 3.10. The van der Waals surface area contributed by atoms with Crippen molar-refractivity contribution in [1.82, 2.24) is 9.29 Å². The molecule has 3 aromatic rings. The maximum absolute atomic E-state index is 12.7. The van der Waals surface area contributed by atoms with Gasteiger partial charge in [0.05, 0.1) is 22.2 Å². The smallest absolute Gasteiger partial charge is 0.257 e. The summed E-state index contributed by atoms with van der Waals surface area (Å²) in [5.41, 5.74) is 1.00. The average molecular weight is 420 g/mol. The first kappa shape index (κ1) is 20.2. The molecule has 0 unspecified atom stereocenters. The Kier molecular flexibility index (Phi) is 5.97. The number of hydrogen-bond donors (Lipinski definition) is 1. The van der Waals surface area contributed by atoms with Gasteiger partial charge in [-0.1, -0.05) is 31.3 Å². The van der Waals surface area contributed by atoms with Crippen LogP contribution < -0.4 is 10.1 Å². The second-order valence-corrected chi connectivity index (χ2v) is 8.89. The molecular weight excluding hydrogens is 398 g/mol. The van der Waals surface area contributed by atoms with E-state index < -0.39 is 15.9 Å². The molecule has 0 saturated heterocycles. The summed E-state index contributed by atoms with van der Waals surface area (Å²) < 4.78 is 32.8. The SMILES string of the molecule is CCN(CC)S(=O)(=O)c1cccc(C(=O)Nc2nc3ccc(OC)cc3s2)c1. The highest BCUT2D eigenvalue weighted by molar-refractivity contribution is 7.89. The Bertz CT molecular complexity index is 1110. The Labute approximate surface area is 168 Å². The summed E-state index contributed by atoms with van der Waals surface area (Å²) in [6, 6.07) is 11.5. The maximum Gasteiger partial charge on any atom is 0.257 e. The van der Waals surface area contributed by atoms with Crippen LogP contribution in [0.3, 0.4) is 0 Å². The number of amides is 1. The minimum atomic E-state index is -3.63. The van der Waals surface area contributed by atoms with Gasteiger partial charge in [-0.05, 0) is 36.4 Å². The molecule has 0 spiro atoms. The van der Waals surface area contributed by atoms with Crippen molar-refractivity contribution in [3.8, 4) is 5.75 Å². The normalized spacial score (nSPS) is 11.7. The molecule has 0 aliphatic rings. The van der Waals surface area contributed by atoms with E-state index in [1.54, 1.807) is 39.2 Å². The molecule has 1 N–H and O–H groups in total. The van der Waals surface area contributed by atoms with E-state index in [2.05, 4.69) is 10.3 Å². The van der Waals surface area contributed by atoms with E-state index in [-0.39, 0.29) is 10.5 Å². The number of benzene rings is 2. The minimum Gasteiger partial charge on any atom is -0.497 e. The number of methoxy groups -OCH3 is 1. The van der Waals surface area contributed by atoms with Crippen molar-refractivity contribution in [2.24, 2.45) is 0 Å². The molecule has 0 radical (unpaired) electrons. The number of hydrogen-bond acceptors (Lipinski definition) is 6. The number of rotatable bonds is 7. The lowest BCUT2D eigenvalue weighted by Gasteiger charge is -2.18. The topological polar surface area (TPSA) is 88.6 Å². The van der Waals surface area contributed by atoms with Gasteiger partial charge in [0.2, 0.25) is 10.0 Å². The number of carbonyl (C=O) groups is 1. The molecule has 28 heavy (non-hydrogen) atoms. The fourth-order valence-electron chi connectivity index (χ4n) is 2.77. The first-order chi connectivity index (χ1) is 13.4. The minimum absolute atomic E-state index is 0.0953. The molecule has 0 saturated carbocycles. The van der Waals surface area contributed by atoms with Crippen molar-refractivity contribution in [3.05, 3.63) is 48.0 Å². The number of nitrogens with zero attached hydrogens (tertiary/aromatic N) is 2. The molecule has 1 aromatic heterocycles. The second kappa shape index (κ2) is 8.26. The number of sulfonamides is 1. The molecule has 0 atom stereocenters. The Morgan fingerprint density at radius 2 is 1.93 bits per heavy atom. The van der Waals surface area contributed by atoms with Crippen LogP contribution in [0.2, 0.25) is 0 Å². The van der Waals surface area contributed by atoms with Crippen LogP contribution in [0.5, 0.6) is 5.75 Å². The van der Waals surface area contributed by atoms with Crippen LogP contribution in [0.15, 0.2) is 47.4 Å². The number of thiazole rings is 1. The van der Waals surface area contributed by atoms with E-state index in [9.17, 15) is 13.2 Å². The maximum atomic E-state index is 12.7. The van der Waals surface area contributed by atoms with Crippen LogP contribution in [0.4, 0.5) is 5.13 Å².